The molecule has 0 amide bonds. The van der Waals surface area contributed by atoms with E-state index in [2.05, 4.69) is 20.9 Å². The molecule has 0 aliphatic rings. The molecule has 0 aliphatic carbocycles. The molecular formula is C17H15BrN2O. The zero-order valence-corrected chi connectivity index (χ0v) is 13.2. The lowest BCUT2D eigenvalue weighted by Crippen LogP contribution is -1.99. The van der Waals surface area contributed by atoms with E-state index in [1.54, 1.807) is 0 Å². The molecule has 106 valence electrons. The lowest BCUT2D eigenvalue weighted by molar-refractivity contribution is 0.309. The van der Waals surface area contributed by atoms with E-state index in [-0.39, 0.29) is 0 Å². The number of anilines is 1. The van der Waals surface area contributed by atoms with Crippen molar-refractivity contribution in [3.63, 3.8) is 0 Å². The van der Waals surface area contributed by atoms with Crippen LogP contribution in [0.2, 0.25) is 0 Å². The minimum absolute atomic E-state index is 0.495. The van der Waals surface area contributed by atoms with Gasteiger partial charge in [-0.15, -0.1) is 0 Å². The maximum Gasteiger partial charge on any atom is 0.131 e. The number of pyridine rings is 1. The summed E-state index contributed by atoms with van der Waals surface area (Å²) in [6.07, 6.45) is 0. The molecule has 3 aromatic rings. The molecule has 3 nitrogen and oxygen atoms in total. The lowest BCUT2D eigenvalue weighted by Gasteiger charge is -2.11. The molecule has 3 rings (SSSR count). The minimum Gasteiger partial charge on any atom is -0.488 e. The predicted octanol–water partition coefficient (Wildman–Crippen LogP) is 4.47. The van der Waals surface area contributed by atoms with Crippen LogP contribution in [0.1, 0.15) is 11.3 Å². The molecule has 0 radical (unpaired) electrons. The molecule has 0 aliphatic heterocycles. The van der Waals surface area contributed by atoms with E-state index >= 15 is 0 Å². The van der Waals surface area contributed by atoms with Crippen LogP contribution in [-0.4, -0.2) is 4.98 Å². The molecule has 2 N–H and O–H groups in total. The first kappa shape index (κ1) is 13.9. The van der Waals surface area contributed by atoms with Gasteiger partial charge in [-0.3, -0.25) is 4.98 Å². The van der Waals surface area contributed by atoms with E-state index < -0.39 is 0 Å². The second-order valence-corrected chi connectivity index (χ2v) is 5.77. The standard InChI is InChI=1S/C17H15BrN2O/c1-11-8-17(14-9-13(19)6-7-16(14)20-11)21-10-12-4-2-3-5-15(12)18/h2-9H,10,19H2,1H3. The highest BCUT2D eigenvalue weighted by atomic mass is 79.9. The van der Waals surface area contributed by atoms with Gasteiger partial charge in [0.15, 0.2) is 0 Å². The number of nitrogens with two attached hydrogens (primary N) is 1. The highest BCUT2D eigenvalue weighted by Gasteiger charge is 2.07. The fourth-order valence-corrected chi connectivity index (χ4v) is 2.63. The van der Waals surface area contributed by atoms with Crippen molar-refractivity contribution in [2.75, 3.05) is 5.73 Å². The minimum atomic E-state index is 0.495. The summed E-state index contributed by atoms with van der Waals surface area (Å²) in [5.41, 5.74) is 9.50. The number of hydrogen-bond donors (Lipinski definition) is 1. The molecule has 0 saturated carbocycles. The zero-order chi connectivity index (χ0) is 14.8. The zero-order valence-electron chi connectivity index (χ0n) is 11.6. The van der Waals surface area contributed by atoms with Crippen LogP contribution in [0, 0.1) is 6.92 Å². The summed E-state index contributed by atoms with van der Waals surface area (Å²) in [5.74, 6) is 0.806. The number of aromatic nitrogens is 1. The number of aryl methyl sites for hydroxylation is 1. The van der Waals surface area contributed by atoms with Gasteiger partial charge in [-0.25, -0.2) is 0 Å². The van der Waals surface area contributed by atoms with Crippen molar-refractivity contribution in [1.82, 2.24) is 4.98 Å². The molecule has 21 heavy (non-hydrogen) atoms. The van der Waals surface area contributed by atoms with Crippen LogP contribution < -0.4 is 10.5 Å². The topological polar surface area (TPSA) is 48.1 Å². The Kier molecular flexibility index (Phi) is 3.80. The van der Waals surface area contributed by atoms with Crippen LogP contribution in [0.5, 0.6) is 5.75 Å². The first-order valence-electron chi connectivity index (χ1n) is 6.66. The average molecular weight is 343 g/mol. The van der Waals surface area contributed by atoms with Crippen LogP contribution in [0.3, 0.4) is 0 Å². The Balaban J connectivity index is 1.96. The van der Waals surface area contributed by atoms with Crippen molar-refractivity contribution >= 4 is 32.5 Å². The number of fused-ring (bicyclic) bond motifs is 1. The average Bonchev–Trinajstić information content (AvgIpc) is 2.47. The Bertz CT molecular complexity index is 802. The second kappa shape index (κ2) is 5.74. The van der Waals surface area contributed by atoms with Gasteiger partial charge < -0.3 is 10.5 Å². The lowest BCUT2D eigenvalue weighted by atomic mass is 10.1. The van der Waals surface area contributed by atoms with E-state index in [0.717, 1.165) is 32.4 Å². The Hall–Kier alpha value is -2.07. The molecule has 4 heteroatoms. The smallest absolute Gasteiger partial charge is 0.131 e. The van der Waals surface area contributed by atoms with E-state index in [1.807, 2.05) is 55.5 Å². The van der Waals surface area contributed by atoms with Gasteiger partial charge in [0.1, 0.15) is 12.4 Å². The highest BCUT2D eigenvalue weighted by molar-refractivity contribution is 9.10. The van der Waals surface area contributed by atoms with Crippen molar-refractivity contribution in [3.05, 3.63) is 64.3 Å². The van der Waals surface area contributed by atoms with Crippen LogP contribution in [0.25, 0.3) is 10.9 Å². The van der Waals surface area contributed by atoms with Crippen molar-refractivity contribution in [2.24, 2.45) is 0 Å². The first-order valence-corrected chi connectivity index (χ1v) is 7.46. The third-order valence-corrected chi connectivity index (χ3v) is 4.04. The third kappa shape index (κ3) is 3.00. The molecule has 0 unspecified atom stereocenters. The SMILES string of the molecule is Cc1cc(OCc2ccccc2Br)c2cc(N)ccc2n1. The van der Waals surface area contributed by atoms with Crippen molar-refractivity contribution < 1.29 is 4.74 Å². The van der Waals surface area contributed by atoms with Gasteiger partial charge in [0.05, 0.1) is 5.52 Å². The quantitative estimate of drug-likeness (QED) is 0.714. The Morgan fingerprint density at radius 2 is 1.95 bits per heavy atom. The molecule has 1 heterocycles. The van der Waals surface area contributed by atoms with Gasteiger partial charge in [0, 0.05) is 32.9 Å². The Morgan fingerprint density at radius 1 is 1.14 bits per heavy atom. The molecule has 1 aromatic heterocycles. The number of hydrogen-bond acceptors (Lipinski definition) is 3. The number of nitrogen functional groups attached to an aromatic ring is 1. The summed E-state index contributed by atoms with van der Waals surface area (Å²) in [4.78, 5) is 4.51. The summed E-state index contributed by atoms with van der Waals surface area (Å²) in [5, 5.41) is 0.938. The van der Waals surface area contributed by atoms with Crippen LogP contribution >= 0.6 is 15.9 Å². The maximum absolute atomic E-state index is 6.00. The molecule has 0 bridgehead atoms. The molecular weight excluding hydrogens is 328 g/mol. The van der Waals surface area contributed by atoms with Gasteiger partial charge >= 0.3 is 0 Å². The molecule has 0 spiro atoms. The number of benzene rings is 2. The number of ether oxygens (including phenoxy) is 1. The van der Waals surface area contributed by atoms with Crippen LogP contribution in [0.4, 0.5) is 5.69 Å². The van der Waals surface area contributed by atoms with Crippen LogP contribution in [0.15, 0.2) is 53.0 Å². The summed E-state index contributed by atoms with van der Waals surface area (Å²) >= 11 is 3.53. The summed E-state index contributed by atoms with van der Waals surface area (Å²) < 4.78 is 7.04. The Morgan fingerprint density at radius 3 is 2.76 bits per heavy atom. The molecule has 2 aromatic carbocycles. The number of rotatable bonds is 3. The van der Waals surface area contributed by atoms with E-state index in [9.17, 15) is 0 Å². The molecule has 0 fully saturated rings. The summed E-state index contributed by atoms with van der Waals surface area (Å²) in [7, 11) is 0. The van der Waals surface area contributed by atoms with Crippen molar-refractivity contribution in [3.8, 4) is 5.75 Å². The molecule has 0 atom stereocenters. The fourth-order valence-electron chi connectivity index (χ4n) is 2.23. The maximum atomic E-state index is 6.00. The fraction of sp³-hybridized carbons (Fsp3) is 0.118. The van der Waals surface area contributed by atoms with E-state index in [1.165, 1.54) is 0 Å². The highest BCUT2D eigenvalue weighted by Crippen LogP contribution is 2.28. The third-order valence-electron chi connectivity index (χ3n) is 3.26. The van der Waals surface area contributed by atoms with Gasteiger partial charge in [-0.05, 0) is 31.2 Å². The normalized spacial score (nSPS) is 10.8. The monoisotopic (exact) mass is 342 g/mol. The van der Waals surface area contributed by atoms with E-state index in [0.29, 0.717) is 12.3 Å². The second-order valence-electron chi connectivity index (χ2n) is 4.92. The van der Waals surface area contributed by atoms with E-state index in [4.69, 9.17) is 10.5 Å². The molecule has 0 saturated heterocycles. The summed E-state index contributed by atoms with van der Waals surface area (Å²) in [6, 6.07) is 15.6. The predicted molar refractivity (Wildman–Crippen MR) is 89.4 cm³/mol. The van der Waals surface area contributed by atoms with Gasteiger partial charge in [0.25, 0.3) is 0 Å². The largest absolute Gasteiger partial charge is 0.488 e. The Labute approximate surface area is 131 Å². The first-order chi connectivity index (χ1) is 10.1. The van der Waals surface area contributed by atoms with Crippen LogP contribution in [-0.2, 0) is 6.61 Å². The van der Waals surface area contributed by atoms with Gasteiger partial charge in [-0.2, -0.15) is 0 Å². The van der Waals surface area contributed by atoms with Crippen molar-refractivity contribution in [2.45, 2.75) is 13.5 Å². The number of halogens is 1. The van der Waals surface area contributed by atoms with Gasteiger partial charge in [0.2, 0.25) is 0 Å². The van der Waals surface area contributed by atoms with Gasteiger partial charge in [-0.1, -0.05) is 34.1 Å². The number of nitrogens with zero attached hydrogens (tertiary/aromatic N) is 1. The summed E-state index contributed by atoms with van der Waals surface area (Å²) in [6.45, 7) is 2.45. The van der Waals surface area contributed by atoms with Crippen molar-refractivity contribution in [1.29, 1.82) is 0 Å².